The van der Waals surface area contributed by atoms with Crippen molar-refractivity contribution in [2.24, 2.45) is 5.41 Å². The molecule has 0 saturated carbocycles. The van der Waals surface area contributed by atoms with Crippen molar-refractivity contribution in [2.45, 2.75) is 57.4 Å². The fraction of sp³-hybridized carbons (Fsp3) is 0.500. The molecule has 2 heterocycles. The Hall–Kier alpha value is -3.27. The summed E-state index contributed by atoms with van der Waals surface area (Å²) in [5, 5.41) is 32.5. The maximum Gasteiger partial charge on any atom is 0.405 e. The van der Waals surface area contributed by atoms with Crippen molar-refractivity contribution in [1.29, 1.82) is 10.5 Å². The van der Waals surface area contributed by atoms with E-state index < -0.39 is 6.09 Å². The van der Waals surface area contributed by atoms with Crippen LogP contribution in [0.2, 0.25) is 0 Å². The van der Waals surface area contributed by atoms with E-state index in [1.54, 1.807) is 0 Å². The van der Waals surface area contributed by atoms with Crippen molar-refractivity contribution in [3.05, 3.63) is 52.1 Å². The zero-order valence-electron chi connectivity index (χ0n) is 22.3. The number of rotatable bonds is 7. The molecular weight excluding hydrogens is 484 g/mol. The highest BCUT2D eigenvalue weighted by atomic mass is 32.2. The van der Waals surface area contributed by atoms with Crippen LogP contribution in [0.1, 0.15) is 68.0 Å². The molecule has 1 atom stereocenters. The van der Waals surface area contributed by atoms with Crippen LogP contribution in [0.15, 0.2) is 29.3 Å². The molecule has 1 saturated heterocycles. The molecule has 1 aliphatic heterocycles. The predicted molar refractivity (Wildman–Crippen MR) is 147 cm³/mol. The number of nitriles is 2. The van der Waals surface area contributed by atoms with Crippen LogP contribution in [0, 0.1) is 28.1 Å². The Bertz CT molecular complexity index is 1190. The number of amides is 1. The first-order valence-electron chi connectivity index (χ1n) is 12.6. The Balaban J connectivity index is 1.90. The normalized spacial score (nSPS) is 15.4. The highest BCUT2D eigenvalue weighted by Gasteiger charge is 2.28. The number of benzene rings is 1. The summed E-state index contributed by atoms with van der Waals surface area (Å²) < 4.78 is 0. The molecule has 3 rings (SSSR count). The third kappa shape index (κ3) is 6.94. The van der Waals surface area contributed by atoms with Crippen molar-refractivity contribution in [3.63, 3.8) is 0 Å². The third-order valence-corrected chi connectivity index (χ3v) is 7.71. The van der Waals surface area contributed by atoms with Gasteiger partial charge in [0, 0.05) is 25.4 Å². The van der Waals surface area contributed by atoms with Gasteiger partial charge in [-0.25, -0.2) is 9.78 Å². The quantitative estimate of drug-likeness (QED) is 0.480. The summed E-state index contributed by atoms with van der Waals surface area (Å²) in [4.78, 5) is 20.7. The van der Waals surface area contributed by atoms with Gasteiger partial charge in [-0.1, -0.05) is 52.0 Å². The van der Waals surface area contributed by atoms with Crippen LogP contribution in [0.3, 0.4) is 0 Å². The van der Waals surface area contributed by atoms with E-state index in [1.807, 2.05) is 52.0 Å². The molecule has 0 aliphatic carbocycles. The van der Waals surface area contributed by atoms with Gasteiger partial charge in [-0.2, -0.15) is 10.5 Å². The number of aromatic nitrogens is 1. The van der Waals surface area contributed by atoms with Crippen molar-refractivity contribution in [3.8, 4) is 12.1 Å². The van der Waals surface area contributed by atoms with E-state index in [2.05, 4.69) is 34.3 Å². The summed E-state index contributed by atoms with van der Waals surface area (Å²) in [7, 11) is 2.10. The summed E-state index contributed by atoms with van der Waals surface area (Å²) in [5.41, 5.74) is 3.42. The van der Waals surface area contributed by atoms with Crippen LogP contribution in [0.25, 0.3) is 0 Å². The molecule has 1 fully saturated rings. The second-order valence-electron chi connectivity index (χ2n) is 10.5. The van der Waals surface area contributed by atoms with Gasteiger partial charge >= 0.3 is 6.09 Å². The van der Waals surface area contributed by atoms with Crippen LogP contribution >= 0.6 is 11.8 Å². The molecule has 1 amide bonds. The Morgan fingerprint density at radius 1 is 1.14 bits per heavy atom. The van der Waals surface area contributed by atoms with Gasteiger partial charge in [-0.3, -0.25) is 0 Å². The molecule has 1 aromatic carbocycles. The van der Waals surface area contributed by atoms with Crippen molar-refractivity contribution in [1.82, 2.24) is 15.2 Å². The Morgan fingerprint density at radius 2 is 1.81 bits per heavy atom. The van der Waals surface area contributed by atoms with Gasteiger partial charge in [0.2, 0.25) is 0 Å². The maximum absolute atomic E-state index is 11.3. The average Bonchev–Trinajstić information content (AvgIpc) is 3.08. The summed E-state index contributed by atoms with van der Waals surface area (Å²) in [5.74, 6) is 1.28. The number of carboxylic acid groups (broad SMARTS) is 1. The number of pyridine rings is 1. The van der Waals surface area contributed by atoms with Gasteiger partial charge < -0.3 is 20.2 Å². The lowest BCUT2D eigenvalue weighted by atomic mass is 9.82. The Labute approximate surface area is 224 Å². The first-order valence-corrected chi connectivity index (χ1v) is 13.6. The Kier molecular flexibility index (Phi) is 9.42. The smallest absolute Gasteiger partial charge is 0.405 e. The largest absolute Gasteiger partial charge is 0.465 e. The number of hydrogen-bond acceptors (Lipinski definition) is 7. The third-order valence-electron chi connectivity index (χ3n) is 6.67. The number of anilines is 1. The lowest BCUT2D eigenvalue weighted by molar-refractivity contribution is 0.175. The van der Waals surface area contributed by atoms with Crippen molar-refractivity contribution < 1.29 is 9.90 Å². The minimum absolute atomic E-state index is 0.280. The van der Waals surface area contributed by atoms with E-state index in [9.17, 15) is 20.4 Å². The van der Waals surface area contributed by atoms with E-state index in [1.165, 1.54) is 11.8 Å². The molecule has 2 aromatic rings. The zero-order valence-corrected chi connectivity index (χ0v) is 23.2. The van der Waals surface area contributed by atoms with E-state index in [-0.39, 0.29) is 11.5 Å². The number of hydrogen-bond donors (Lipinski definition) is 2. The average molecular weight is 521 g/mol. The van der Waals surface area contributed by atoms with Gasteiger partial charge in [0.05, 0.1) is 17.2 Å². The molecular formula is C28H36N6O2S. The second-order valence-corrected chi connectivity index (χ2v) is 11.4. The molecule has 0 bridgehead atoms. The second kappa shape index (κ2) is 12.3. The van der Waals surface area contributed by atoms with Gasteiger partial charge in [-0.15, -0.1) is 11.8 Å². The van der Waals surface area contributed by atoms with Gasteiger partial charge in [-0.05, 0) is 48.5 Å². The summed E-state index contributed by atoms with van der Waals surface area (Å²) in [6.07, 6.45) is 0.530. The first kappa shape index (κ1) is 28.3. The van der Waals surface area contributed by atoms with Crippen LogP contribution in [0.4, 0.5) is 10.6 Å². The van der Waals surface area contributed by atoms with Crippen LogP contribution in [0.5, 0.6) is 0 Å². The molecule has 1 aromatic heterocycles. The zero-order chi connectivity index (χ0) is 27.2. The summed E-state index contributed by atoms with van der Waals surface area (Å²) in [6, 6.07) is 12.2. The fourth-order valence-corrected chi connectivity index (χ4v) is 5.62. The highest BCUT2D eigenvalue weighted by molar-refractivity contribution is 7.98. The van der Waals surface area contributed by atoms with Crippen LogP contribution in [-0.4, -0.2) is 54.3 Å². The standard InChI is InChI=1S/C28H36N6O2S/c1-6-21-22(16-29)25(34-13-7-12-33(5)14-15-34)32-26(23(21)17-30)37-18-19-8-10-20(11-9-19)24(28(2,3)4)31-27(35)36/h8-11,24,31H,6-7,12-15,18H2,1-5H3,(H,35,36). The molecule has 1 unspecified atom stereocenters. The number of carbonyl (C=O) groups is 1. The monoisotopic (exact) mass is 520 g/mol. The Morgan fingerprint density at radius 3 is 2.38 bits per heavy atom. The van der Waals surface area contributed by atoms with E-state index in [0.29, 0.717) is 34.1 Å². The molecule has 2 N–H and O–H groups in total. The van der Waals surface area contributed by atoms with Crippen molar-refractivity contribution in [2.75, 3.05) is 38.1 Å². The fourth-order valence-electron chi connectivity index (χ4n) is 4.66. The molecule has 0 radical (unpaired) electrons. The minimum atomic E-state index is -1.05. The predicted octanol–water partition coefficient (Wildman–Crippen LogP) is 5.18. The van der Waals surface area contributed by atoms with E-state index in [4.69, 9.17) is 4.98 Å². The summed E-state index contributed by atoms with van der Waals surface area (Å²) in [6.45, 7) is 11.5. The van der Waals surface area contributed by atoms with Gasteiger partial charge in [0.1, 0.15) is 23.0 Å². The number of nitrogens with one attached hydrogen (secondary N) is 1. The van der Waals surface area contributed by atoms with Crippen LogP contribution in [-0.2, 0) is 12.2 Å². The molecule has 9 heteroatoms. The molecule has 1 aliphatic rings. The minimum Gasteiger partial charge on any atom is -0.465 e. The number of likely N-dealkylation sites (N-methyl/N-ethyl adjacent to an activating group) is 1. The molecule has 8 nitrogen and oxygen atoms in total. The maximum atomic E-state index is 11.3. The first-order chi connectivity index (χ1) is 17.6. The summed E-state index contributed by atoms with van der Waals surface area (Å²) >= 11 is 1.50. The van der Waals surface area contributed by atoms with Gasteiger partial charge in [0.15, 0.2) is 0 Å². The highest BCUT2D eigenvalue weighted by Crippen LogP contribution is 2.35. The molecule has 0 spiro atoms. The molecule has 37 heavy (non-hydrogen) atoms. The SMILES string of the molecule is CCc1c(C#N)c(SCc2ccc(C(NC(=O)O)C(C)(C)C)cc2)nc(N2CCCN(C)CC2)c1C#N. The number of nitrogens with zero attached hydrogens (tertiary/aromatic N) is 5. The van der Waals surface area contributed by atoms with Gasteiger partial charge in [0.25, 0.3) is 0 Å². The van der Waals surface area contributed by atoms with E-state index >= 15 is 0 Å². The lowest BCUT2D eigenvalue weighted by Gasteiger charge is -2.31. The lowest BCUT2D eigenvalue weighted by Crippen LogP contribution is -2.35. The van der Waals surface area contributed by atoms with Crippen molar-refractivity contribution >= 4 is 23.7 Å². The molecule has 196 valence electrons. The van der Waals surface area contributed by atoms with Crippen LogP contribution < -0.4 is 10.2 Å². The number of thioether (sulfide) groups is 1. The topological polar surface area (TPSA) is 116 Å². The van der Waals surface area contributed by atoms with E-state index in [0.717, 1.165) is 49.3 Å².